The van der Waals surface area contributed by atoms with Crippen LogP contribution >= 0.6 is 0 Å². The summed E-state index contributed by atoms with van der Waals surface area (Å²) in [7, 11) is 0. The van der Waals surface area contributed by atoms with Gasteiger partial charge >= 0.3 is 0 Å². The van der Waals surface area contributed by atoms with Crippen LogP contribution in [-0.4, -0.2) is 25.3 Å². The van der Waals surface area contributed by atoms with Gasteiger partial charge in [-0.25, -0.2) is 9.97 Å². The summed E-state index contributed by atoms with van der Waals surface area (Å²) >= 11 is 0. The van der Waals surface area contributed by atoms with Crippen molar-refractivity contribution in [3.63, 3.8) is 0 Å². The molecule has 0 bridgehead atoms. The van der Waals surface area contributed by atoms with Crippen LogP contribution in [0.3, 0.4) is 0 Å². The monoisotopic (exact) mass is 568 g/mol. The molecule has 5 heteroatoms. The van der Waals surface area contributed by atoms with Crippen molar-refractivity contribution in [3.05, 3.63) is 192 Å². The quantitative estimate of drug-likeness (QED) is 0.105. The van der Waals surface area contributed by atoms with Crippen LogP contribution in [0.25, 0.3) is 28.4 Å². The number of imidazole rings is 1. The Morgan fingerprint density at radius 1 is 0.614 bits per heavy atom. The highest BCUT2D eigenvalue weighted by Gasteiger charge is 2.38. The molecule has 0 saturated carbocycles. The summed E-state index contributed by atoms with van der Waals surface area (Å²) in [5.41, 5.74) is 7.06. The van der Waals surface area contributed by atoms with Crippen LogP contribution in [0, 0.1) is 0 Å². The molecule has 5 aromatic carbocycles. The highest BCUT2D eigenvalue weighted by molar-refractivity contribution is 6.06. The molecule has 0 unspecified atom stereocenters. The summed E-state index contributed by atoms with van der Waals surface area (Å²) in [5, 5.41) is 0. The average molecular weight is 569 g/mol. The molecular weight excluding hydrogens is 540 g/mol. The molecule has 7 aromatic rings. The van der Waals surface area contributed by atoms with E-state index < -0.39 is 5.54 Å². The molecule has 7 rings (SSSR count). The zero-order valence-electron chi connectivity index (χ0n) is 23.9. The Hall–Kier alpha value is -5.94. The molecule has 44 heavy (non-hydrogen) atoms. The second-order valence-electron chi connectivity index (χ2n) is 10.5. The van der Waals surface area contributed by atoms with Gasteiger partial charge in [-0.3, -0.25) is 9.78 Å². The number of hydrogen-bond acceptors (Lipinski definition) is 4. The number of nitrogens with zero attached hydrogens (tertiary/aromatic N) is 4. The van der Waals surface area contributed by atoms with Crippen LogP contribution in [-0.2, 0) is 5.54 Å². The van der Waals surface area contributed by atoms with Crippen molar-refractivity contribution in [2.75, 3.05) is 0 Å². The smallest absolute Gasteiger partial charge is 0.205 e. The van der Waals surface area contributed by atoms with Crippen LogP contribution in [0.15, 0.2) is 164 Å². The highest BCUT2D eigenvalue weighted by atomic mass is 16.1. The Bertz CT molecular complexity index is 1990. The Balaban J connectivity index is 1.31. The third kappa shape index (κ3) is 4.91. The van der Waals surface area contributed by atoms with Gasteiger partial charge in [-0.2, -0.15) is 0 Å². The molecule has 0 aliphatic carbocycles. The van der Waals surface area contributed by atoms with Crippen LogP contribution in [0.5, 0.6) is 0 Å². The van der Waals surface area contributed by atoms with E-state index in [1.54, 1.807) is 6.08 Å². The van der Waals surface area contributed by atoms with Gasteiger partial charge in [0, 0.05) is 11.8 Å². The van der Waals surface area contributed by atoms with Crippen LogP contribution in [0.4, 0.5) is 0 Å². The Morgan fingerprint density at radius 3 is 1.80 bits per heavy atom. The first kappa shape index (κ1) is 26.9. The normalized spacial score (nSPS) is 11.6. The summed E-state index contributed by atoms with van der Waals surface area (Å²) in [6.45, 7) is 0. The number of fused-ring (bicyclic) bond motifs is 1. The van der Waals surface area contributed by atoms with Crippen molar-refractivity contribution in [1.29, 1.82) is 0 Å². The summed E-state index contributed by atoms with van der Waals surface area (Å²) in [6.07, 6.45) is 8.90. The number of aromatic nitrogens is 4. The van der Waals surface area contributed by atoms with Crippen molar-refractivity contribution < 1.29 is 4.79 Å². The van der Waals surface area contributed by atoms with Crippen molar-refractivity contribution in [3.8, 4) is 11.3 Å². The van der Waals surface area contributed by atoms with E-state index in [4.69, 9.17) is 4.98 Å². The minimum Gasteiger partial charge on any atom is -0.318 e. The Labute approximate surface area is 255 Å². The molecule has 5 nitrogen and oxygen atoms in total. The van der Waals surface area contributed by atoms with E-state index in [9.17, 15) is 4.79 Å². The molecule has 0 amide bonds. The fourth-order valence-electron chi connectivity index (χ4n) is 5.83. The number of benzene rings is 5. The summed E-state index contributed by atoms with van der Waals surface area (Å²) in [5.74, 6) is -0.208. The number of carbonyl (C=O) groups excluding carboxylic acids is 1. The van der Waals surface area contributed by atoms with E-state index >= 15 is 0 Å². The Morgan fingerprint density at radius 2 is 1.16 bits per heavy atom. The van der Waals surface area contributed by atoms with Gasteiger partial charge < -0.3 is 4.57 Å². The van der Waals surface area contributed by atoms with Gasteiger partial charge in [-0.05, 0) is 40.5 Å². The van der Waals surface area contributed by atoms with Crippen LogP contribution < -0.4 is 0 Å². The lowest BCUT2D eigenvalue weighted by molar-refractivity contribution is 0.104. The fraction of sp³-hybridized carbons (Fsp3) is 0.0256. The molecule has 0 spiro atoms. The molecule has 0 saturated heterocycles. The second kappa shape index (κ2) is 11.7. The molecule has 0 fully saturated rings. The predicted octanol–water partition coefficient (Wildman–Crippen LogP) is 8.23. The first-order valence-corrected chi connectivity index (χ1v) is 14.5. The standard InChI is InChI=1S/C39H28N4O/c44-38(36-26-40-34-22-12-13-23-35(34)42-36)25-24-29-14-10-11-21-33(29)37-27-43(28-41-37)39(30-15-4-1-5-16-30,31-17-6-2-7-18-31)32-19-8-3-9-20-32/h1-28H. The van der Waals surface area contributed by atoms with Gasteiger partial charge in [0.25, 0.3) is 0 Å². The van der Waals surface area contributed by atoms with E-state index in [1.165, 1.54) is 6.20 Å². The maximum absolute atomic E-state index is 13.1. The molecular formula is C39H28N4O. The van der Waals surface area contributed by atoms with Gasteiger partial charge in [0.15, 0.2) is 0 Å². The molecule has 2 heterocycles. The Kier molecular flexibility index (Phi) is 7.19. The van der Waals surface area contributed by atoms with E-state index in [-0.39, 0.29) is 5.78 Å². The molecule has 0 atom stereocenters. The second-order valence-corrected chi connectivity index (χ2v) is 10.5. The lowest BCUT2D eigenvalue weighted by Crippen LogP contribution is -2.36. The number of hydrogen-bond donors (Lipinski definition) is 0. The van der Waals surface area contributed by atoms with E-state index in [2.05, 4.69) is 93.5 Å². The SMILES string of the molecule is O=C(C=Cc1ccccc1-c1cn(C(c2ccccc2)(c2ccccc2)c2ccccc2)cn1)c1cnc2ccccc2n1. The van der Waals surface area contributed by atoms with Gasteiger partial charge in [-0.15, -0.1) is 0 Å². The van der Waals surface area contributed by atoms with E-state index in [1.807, 2.05) is 79.1 Å². The molecule has 0 aliphatic rings. The van der Waals surface area contributed by atoms with Gasteiger partial charge in [-0.1, -0.05) is 133 Å². The molecule has 2 aromatic heterocycles. The zero-order valence-corrected chi connectivity index (χ0v) is 23.9. The van der Waals surface area contributed by atoms with Crippen molar-refractivity contribution in [2.45, 2.75) is 5.54 Å². The highest BCUT2D eigenvalue weighted by Crippen LogP contribution is 2.41. The fourth-order valence-corrected chi connectivity index (χ4v) is 5.83. The van der Waals surface area contributed by atoms with Gasteiger partial charge in [0.1, 0.15) is 11.2 Å². The van der Waals surface area contributed by atoms with E-state index in [0.29, 0.717) is 11.2 Å². The topological polar surface area (TPSA) is 60.7 Å². The third-order valence-corrected chi connectivity index (χ3v) is 7.90. The van der Waals surface area contributed by atoms with Crippen molar-refractivity contribution in [1.82, 2.24) is 19.5 Å². The first-order valence-electron chi connectivity index (χ1n) is 14.5. The third-order valence-electron chi connectivity index (χ3n) is 7.90. The lowest BCUT2D eigenvalue weighted by atomic mass is 9.77. The number of carbonyl (C=O) groups is 1. The average Bonchev–Trinajstić information content (AvgIpc) is 3.59. The first-order chi connectivity index (χ1) is 21.7. The lowest BCUT2D eigenvalue weighted by Gasteiger charge is -2.37. The minimum absolute atomic E-state index is 0.208. The van der Waals surface area contributed by atoms with Crippen molar-refractivity contribution >= 4 is 22.9 Å². The summed E-state index contributed by atoms with van der Waals surface area (Å²) in [6, 6.07) is 47.0. The number of ketones is 1. The number of rotatable bonds is 8. The van der Waals surface area contributed by atoms with Gasteiger partial charge in [0.05, 0.1) is 29.3 Å². The predicted molar refractivity (Wildman–Crippen MR) is 175 cm³/mol. The summed E-state index contributed by atoms with van der Waals surface area (Å²) in [4.78, 5) is 26.9. The van der Waals surface area contributed by atoms with Crippen molar-refractivity contribution in [2.24, 2.45) is 0 Å². The molecule has 0 N–H and O–H groups in total. The van der Waals surface area contributed by atoms with Gasteiger partial charge in [0.2, 0.25) is 5.78 Å². The minimum atomic E-state index is -0.662. The largest absolute Gasteiger partial charge is 0.318 e. The molecule has 0 aliphatic heterocycles. The number of allylic oxidation sites excluding steroid dienone is 1. The molecule has 0 radical (unpaired) electrons. The summed E-state index contributed by atoms with van der Waals surface area (Å²) < 4.78 is 2.19. The van der Waals surface area contributed by atoms with Crippen LogP contribution in [0.2, 0.25) is 0 Å². The number of para-hydroxylation sites is 2. The maximum Gasteiger partial charge on any atom is 0.205 e. The zero-order chi connectivity index (χ0) is 29.8. The maximum atomic E-state index is 13.1. The molecule has 210 valence electrons. The van der Waals surface area contributed by atoms with Crippen LogP contribution in [0.1, 0.15) is 32.7 Å². The van der Waals surface area contributed by atoms with E-state index in [0.717, 1.165) is 39.0 Å².